The minimum absolute atomic E-state index is 0.182. The summed E-state index contributed by atoms with van der Waals surface area (Å²) in [5.41, 5.74) is 4.65. The number of benzene rings is 1. The van der Waals surface area contributed by atoms with Crippen molar-refractivity contribution in [3.8, 4) is 11.1 Å². The number of hydrogen-bond acceptors (Lipinski definition) is 4. The Bertz CT molecular complexity index is 932. The molecule has 5 rings (SSSR count). The summed E-state index contributed by atoms with van der Waals surface area (Å²) in [6.45, 7) is 3.92. The van der Waals surface area contributed by atoms with E-state index in [0.29, 0.717) is 5.92 Å². The molecule has 2 fully saturated rings. The summed E-state index contributed by atoms with van der Waals surface area (Å²) in [6.07, 6.45) is 9.10. The summed E-state index contributed by atoms with van der Waals surface area (Å²) < 4.78 is 5.43. The van der Waals surface area contributed by atoms with Gasteiger partial charge in [0.1, 0.15) is 5.76 Å². The number of hydrogen-bond donors (Lipinski definition) is 2. The highest BCUT2D eigenvalue weighted by Crippen LogP contribution is 2.56. The number of carbonyl (C=O) groups is 1. The number of aliphatic hydroxyl groups excluding tert-OH is 1. The van der Waals surface area contributed by atoms with E-state index in [1.54, 1.807) is 0 Å². The Morgan fingerprint density at radius 2 is 1.73 bits per heavy atom. The van der Waals surface area contributed by atoms with E-state index in [4.69, 9.17) is 4.52 Å². The lowest BCUT2D eigenvalue weighted by molar-refractivity contribution is -0.127. The fourth-order valence-corrected chi connectivity index (χ4v) is 6.63. The molecule has 2 aromatic rings. The Labute approximate surface area is 178 Å². The normalized spacial score (nSPS) is 29.6. The molecule has 1 atom stereocenters. The monoisotopic (exact) mass is 408 g/mol. The van der Waals surface area contributed by atoms with Crippen LogP contribution in [-0.2, 0) is 10.2 Å². The van der Waals surface area contributed by atoms with Crippen LogP contribution >= 0.6 is 0 Å². The molecule has 5 heteroatoms. The maximum atomic E-state index is 13.8. The Balaban J connectivity index is 1.66. The van der Waals surface area contributed by atoms with Gasteiger partial charge in [0.05, 0.1) is 17.2 Å². The van der Waals surface area contributed by atoms with Crippen LogP contribution < -0.4 is 5.32 Å². The summed E-state index contributed by atoms with van der Waals surface area (Å²) >= 11 is 0. The van der Waals surface area contributed by atoms with Gasteiger partial charge >= 0.3 is 0 Å². The van der Waals surface area contributed by atoms with E-state index in [1.807, 2.05) is 13.8 Å². The van der Waals surface area contributed by atoms with E-state index in [0.717, 1.165) is 66.8 Å². The Morgan fingerprint density at radius 1 is 1.03 bits per heavy atom. The highest BCUT2D eigenvalue weighted by Gasteiger charge is 2.57. The van der Waals surface area contributed by atoms with E-state index in [2.05, 4.69) is 28.7 Å². The molecule has 1 aliphatic heterocycles. The molecular weight excluding hydrogens is 376 g/mol. The maximum Gasteiger partial charge on any atom is 0.235 e. The summed E-state index contributed by atoms with van der Waals surface area (Å²) in [5, 5.41) is 17.5. The largest absolute Gasteiger partial charge is 0.393 e. The van der Waals surface area contributed by atoms with Crippen LogP contribution in [0.2, 0.25) is 0 Å². The second-order valence-electron chi connectivity index (χ2n) is 9.62. The predicted octanol–water partition coefficient (Wildman–Crippen LogP) is 5.28. The van der Waals surface area contributed by atoms with E-state index < -0.39 is 5.41 Å². The number of rotatable bonds is 3. The fraction of sp³-hybridized carbons (Fsp3) is 0.600. The van der Waals surface area contributed by atoms with Gasteiger partial charge in [0.15, 0.2) is 0 Å². The van der Waals surface area contributed by atoms with Crippen molar-refractivity contribution in [1.82, 2.24) is 5.16 Å². The van der Waals surface area contributed by atoms with Gasteiger partial charge in [0, 0.05) is 11.3 Å². The Kier molecular flexibility index (Phi) is 4.97. The molecule has 0 spiro atoms. The molecule has 2 heterocycles. The standard InChI is InChI=1S/C25H32N2O3/c1-15-23(16(2)30-27-15)17-8-13-22-21(14-17)25(24(29)26-22,18-6-4-3-5-7-18)19-9-11-20(28)12-10-19/h8,13-14,18-20,28H,3-7,9-12H2,1-2H3,(H,26,29). The zero-order valence-corrected chi connectivity index (χ0v) is 18.0. The molecule has 1 amide bonds. The van der Waals surface area contributed by atoms with Gasteiger partial charge in [-0.05, 0) is 87.5 Å². The van der Waals surface area contributed by atoms with Gasteiger partial charge in [-0.3, -0.25) is 4.79 Å². The third-order valence-corrected chi connectivity index (χ3v) is 8.00. The Hall–Kier alpha value is -2.14. The van der Waals surface area contributed by atoms with Crippen molar-refractivity contribution in [2.75, 3.05) is 5.32 Å². The summed E-state index contributed by atoms with van der Waals surface area (Å²) in [7, 11) is 0. The van der Waals surface area contributed by atoms with Gasteiger partial charge in [-0.25, -0.2) is 0 Å². The SMILES string of the molecule is Cc1noc(C)c1-c1ccc2c(c1)C(C1CCCCC1)(C1CCC(O)CC1)C(=O)N2. The summed E-state index contributed by atoms with van der Waals surface area (Å²) in [4.78, 5) is 13.8. The van der Waals surface area contributed by atoms with Gasteiger partial charge in [-0.2, -0.15) is 0 Å². The average molecular weight is 409 g/mol. The smallest absolute Gasteiger partial charge is 0.235 e. The predicted molar refractivity (Wildman–Crippen MR) is 116 cm³/mol. The quantitative estimate of drug-likeness (QED) is 0.724. The molecule has 2 aliphatic carbocycles. The fourth-order valence-electron chi connectivity index (χ4n) is 6.63. The molecule has 2 saturated carbocycles. The first-order valence-electron chi connectivity index (χ1n) is 11.6. The third kappa shape index (κ3) is 2.93. The second-order valence-corrected chi connectivity index (χ2v) is 9.62. The van der Waals surface area contributed by atoms with Crippen molar-refractivity contribution in [3.63, 3.8) is 0 Å². The first kappa shape index (κ1) is 19.8. The van der Waals surface area contributed by atoms with Crippen molar-refractivity contribution in [1.29, 1.82) is 0 Å². The van der Waals surface area contributed by atoms with Gasteiger partial charge in [-0.1, -0.05) is 30.5 Å². The van der Waals surface area contributed by atoms with Crippen molar-refractivity contribution in [2.45, 2.75) is 83.2 Å². The highest BCUT2D eigenvalue weighted by atomic mass is 16.5. The van der Waals surface area contributed by atoms with Crippen molar-refractivity contribution >= 4 is 11.6 Å². The molecule has 0 saturated heterocycles. The molecule has 1 aromatic carbocycles. The molecule has 0 radical (unpaired) electrons. The van der Waals surface area contributed by atoms with Gasteiger partial charge in [-0.15, -0.1) is 0 Å². The molecule has 160 valence electrons. The molecule has 3 aliphatic rings. The van der Waals surface area contributed by atoms with Crippen LogP contribution in [0.5, 0.6) is 0 Å². The molecule has 30 heavy (non-hydrogen) atoms. The number of anilines is 1. The maximum absolute atomic E-state index is 13.8. The minimum atomic E-state index is -0.481. The number of fused-ring (bicyclic) bond motifs is 1. The second kappa shape index (κ2) is 7.52. The third-order valence-electron chi connectivity index (χ3n) is 8.00. The average Bonchev–Trinajstić information content (AvgIpc) is 3.24. The van der Waals surface area contributed by atoms with Crippen LogP contribution in [0, 0.1) is 25.7 Å². The first-order valence-corrected chi connectivity index (χ1v) is 11.6. The van der Waals surface area contributed by atoms with E-state index in [-0.39, 0.29) is 17.9 Å². The van der Waals surface area contributed by atoms with Crippen LogP contribution in [0.4, 0.5) is 5.69 Å². The van der Waals surface area contributed by atoms with E-state index >= 15 is 0 Å². The number of amides is 1. The number of nitrogens with one attached hydrogen (secondary N) is 1. The van der Waals surface area contributed by atoms with Crippen LogP contribution in [-0.4, -0.2) is 22.3 Å². The molecular formula is C25H32N2O3. The van der Waals surface area contributed by atoms with Gasteiger partial charge in [0.2, 0.25) is 5.91 Å². The number of nitrogens with zero attached hydrogens (tertiary/aromatic N) is 1. The van der Waals surface area contributed by atoms with Crippen molar-refractivity contribution in [2.24, 2.45) is 11.8 Å². The van der Waals surface area contributed by atoms with Crippen LogP contribution in [0.1, 0.15) is 74.8 Å². The summed E-state index contributed by atoms with van der Waals surface area (Å²) in [5.74, 6) is 1.65. The number of aliphatic hydroxyl groups is 1. The lowest BCUT2D eigenvalue weighted by Crippen LogP contribution is -2.50. The van der Waals surface area contributed by atoms with Crippen molar-refractivity contribution < 1.29 is 14.4 Å². The van der Waals surface area contributed by atoms with Crippen LogP contribution in [0.3, 0.4) is 0 Å². The molecule has 5 nitrogen and oxygen atoms in total. The van der Waals surface area contributed by atoms with E-state index in [9.17, 15) is 9.90 Å². The molecule has 0 bridgehead atoms. The lowest BCUT2D eigenvalue weighted by Gasteiger charge is -2.46. The highest BCUT2D eigenvalue weighted by molar-refractivity contribution is 6.07. The minimum Gasteiger partial charge on any atom is -0.393 e. The first-order chi connectivity index (χ1) is 14.5. The van der Waals surface area contributed by atoms with Gasteiger partial charge in [0.25, 0.3) is 0 Å². The van der Waals surface area contributed by atoms with Crippen molar-refractivity contribution in [3.05, 3.63) is 35.2 Å². The molecule has 2 N–H and O–H groups in total. The summed E-state index contributed by atoms with van der Waals surface area (Å²) in [6, 6.07) is 6.38. The number of carbonyl (C=O) groups excluding carboxylic acids is 1. The molecule has 1 unspecified atom stereocenters. The molecule has 1 aromatic heterocycles. The van der Waals surface area contributed by atoms with Crippen LogP contribution in [0.15, 0.2) is 22.7 Å². The number of aromatic nitrogens is 1. The Morgan fingerprint density at radius 3 is 2.40 bits per heavy atom. The van der Waals surface area contributed by atoms with Crippen LogP contribution in [0.25, 0.3) is 11.1 Å². The topological polar surface area (TPSA) is 75.4 Å². The van der Waals surface area contributed by atoms with E-state index in [1.165, 1.54) is 24.8 Å². The van der Waals surface area contributed by atoms with Gasteiger partial charge < -0.3 is 14.9 Å². The number of aryl methyl sites for hydroxylation is 2. The zero-order chi connectivity index (χ0) is 20.9. The lowest BCUT2D eigenvalue weighted by atomic mass is 9.56. The zero-order valence-electron chi connectivity index (χ0n) is 18.0.